The first-order valence-electron chi connectivity index (χ1n) is 10.6. The number of hydrogen-bond donors (Lipinski definition) is 2. The van der Waals surface area contributed by atoms with E-state index in [4.69, 9.17) is 5.73 Å². The molecule has 1 amide bonds. The minimum atomic E-state index is -3.84. The fraction of sp³-hybridized carbons (Fsp3) is 0.261. The van der Waals surface area contributed by atoms with Crippen LogP contribution in [0.3, 0.4) is 0 Å². The van der Waals surface area contributed by atoms with Gasteiger partial charge in [0, 0.05) is 26.2 Å². The highest BCUT2D eigenvalue weighted by molar-refractivity contribution is 7.92. The highest BCUT2D eigenvalue weighted by atomic mass is 32.2. The maximum atomic E-state index is 13.0. The number of aromatic amines is 1. The van der Waals surface area contributed by atoms with E-state index < -0.39 is 27.2 Å². The lowest BCUT2D eigenvalue weighted by molar-refractivity contribution is 0.0992. The zero-order valence-electron chi connectivity index (χ0n) is 19.2. The lowest BCUT2D eigenvalue weighted by atomic mass is 10.2. The smallest absolute Gasteiger partial charge is 0.330 e. The number of hydrogen-bond acceptors (Lipinski definition) is 6. The van der Waals surface area contributed by atoms with Gasteiger partial charge in [-0.05, 0) is 42.8 Å². The van der Waals surface area contributed by atoms with Crippen LogP contribution in [0, 0.1) is 0 Å². The molecule has 3 N–H and O–H groups in total. The normalized spacial score (nSPS) is 11.3. The number of amides is 1. The molecular weight excluding hydrogens is 458 g/mol. The molecule has 0 saturated heterocycles. The van der Waals surface area contributed by atoms with E-state index in [-0.39, 0.29) is 22.0 Å². The summed E-state index contributed by atoms with van der Waals surface area (Å²) in [6.45, 7) is 2.25. The van der Waals surface area contributed by atoms with Gasteiger partial charge in [-0.25, -0.2) is 13.2 Å². The number of carbonyl (C=O) groups is 1. The molecule has 0 atom stereocenters. The van der Waals surface area contributed by atoms with Gasteiger partial charge in [-0.2, -0.15) is 0 Å². The van der Waals surface area contributed by atoms with Crippen LogP contribution in [-0.4, -0.2) is 38.0 Å². The molecule has 0 saturated carbocycles. The third kappa shape index (κ3) is 4.74. The molecule has 180 valence electrons. The molecule has 0 aliphatic rings. The Morgan fingerprint density at radius 1 is 1.03 bits per heavy atom. The van der Waals surface area contributed by atoms with Crippen LogP contribution in [-0.2, 0) is 16.6 Å². The number of para-hydroxylation sites is 1. The molecule has 0 aliphatic carbocycles. The number of nitrogens with one attached hydrogen (secondary N) is 1. The number of carbonyl (C=O) groups excluding carboxylic acids is 1. The van der Waals surface area contributed by atoms with Crippen molar-refractivity contribution >= 4 is 33.1 Å². The average molecular weight is 486 g/mol. The maximum absolute atomic E-state index is 13.0. The standard InChI is InChI=1S/C23H27N5O5S/c1-4-5-15-28-20(24)19(21(29)25-23(28)31)26(2)22(30)16-11-13-18(14-12-16)34(32,33)27(3)17-9-7-6-8-10-17/h6-14H,4-5,15,24H2,1-3H3,(H,25,29,31). The van der Waals surface area contributed by atoms with Crippen LogP contribution in [0.1, 0.15) is 30.1 Å². The molecule has 0 aliphatic heterocycles. The zero-order valence-corrected chi connectivity index (χ0v) is 20.0. The molecule has 0 spiro atoms. The summed E-state index contributed by atoms with van der Waals surface area (Å²) in [4.78, 5) is 40.9. The van der Waals surface area contributed by atoms with Crippen LogP contribution in [0.5, 0.6) is 0 Å². The van der Waals surface area contributed by atoms with E-state index in [2.05, 4.69) is 4.98 Å². The van der Waals surface area contributed by atoms with Crippen LogP contribution in [0.2, 0.25) is 0 Å². The van der Waals surface area contributed by atoms with E-state index in [0.29, 0.717) is 18.7 Å². The van der Waals surface area contributed by atoms with Crippen LogP contribution in [0.15, 0.2) is 69.1 Å². The largest absolute Gasteiger partial charge is 0.383 e. The summed E-state index contributed by atoms with van der Waals surface area (Å²) in [5.74, 6) is -0.694. The van der Waals surface area contributed by atoms with Gasteiger partial charge in [-0.3, -0.25) is 23.4 Å². The van der Waals surface area contributed by atoms with Crippen LogP contribution >= 0.6 is 0 Å². The average Bonchev–Trinajstić information content (AvgIpc) is 2.83. The molecule has 34 heavy (non-hydrogen) atoms. The predicted octanol–water partition coefficient (Wildman–Crippen LogP) is 2.02. The van der Waals surface area contributed by atoms with Gasteiger partial charge in [-0.15, -0.1) is 0 Å². The van der Waals surface area contributed by atoms with Gasteiger partial charge >= 0.3 is 5.69 Å². The van der Waals surface area contributed by atoms with E-state index in [1.807, 2.05) is 6.92 Å². The first kappa shape index (κ1) is 24.8. The number of sulfonamides is 1. The second-order valence-electron chi connectivity index (χ2n) is 7.69. The molecule has 1 aromatic heterocycles. The summed E-state index contributed by atoms with van der Waals surface area (Å²) >= 11 is 0. The molecule has 0 fully saturated rings. The summed E-state index contributed by atoms with van der Waals surface area (Å²) in [5, 5.41) is 0. The molecule has 10 nitrogen and oxygen atoms in total. The van der Waals surface area contributed by atoms with Crippen LogP contribution in [0.4, 0.5) is 17.2 Å². The summed E-state index contributed by atoms with van der Waals surface area (Å²) in [6.07, 6.45) is 1.48. The third-order valence-corrected chi connectivity index (χ3v) is 7.27. The minimum Gasteiger partial charge on any atom is -0.383 e. The zero-order chi connectivity index (χ0) is 25.0. The Labute approximate surface area is 197 Å². The number of rotatable bonds is 8. The topological polar surface area (TPSA) is 139 Å². The molecule has 0 bridgehead atoms. The van der Waals surface area contributed by atoms with E-state index in [1.165, 1.54) is 42.9 Å². The Hall–Kier alpha value is -3.86. The number of anilines is 3. The number of H-pyrrole nitrogens is 1. The SMILES string of the molecule is CCCCn1c(N)c(N(C)C(=O)c2ccc(S(=O)(=O)N(C)c3ccccc3)cc2)c(=O)[nH]c1=O. The molecule has 2 aromatic carbocycles. The Morgan fingerprint density at radius 3 is 2.24 bits per heavy atom. The summed E-state index contributed by atoms with van der Waals surface area (Å²) in [6, 6.07) is 14.0. The van der Waals surface area contributed by atoms with E-state index >= 15 is 0 Å². The number of benzene rings is 2. The third-order valence-electron chi connectivity index (χ3n) is 5.47. The summed E-state index contributed by atoms with van der Waals surface area (Å²) in [5.41, 5.74) is 5.14. The maximum Gasteiger partial charge on any atom is 0.330 e. The number of nitrogens with two attached hydrogens (primary N) is 1. The monoisotopic (exact) mass is 485 g/mol. The molecule has 11 heteroatoms. The van der Waals surface area contributed by atoms with Crippen molar-refractivity contribution in [2.45, 2.75) is 31.2 Å². The highest BCUT2D eigenvalue weighted by Gasteiger charge is 2.24. The lowest BCUT2D eigenvalue weighted by Crippen LogP contribution is -2.39. The van der Waals surface area contributed by atoms with Crippen molar-refractivity contribution in [2.75, 3.05) is 29.0 Å². The second-order valence-corrected chi connectivity index (χ2v) is 9.66. The van der Waals surface area contributed by atoms with Gasteiger partial charge in [-0.1, -0.05) is 31.5 Å². The molecule has 0 unspecified atom stereocenters. The Balaban J connectivity index is 1.91. The molecule has 3 rings (SSSR count). The van der Waals surface area contributed by atoms with E-state index in [9.17, 15) is 22.8 Å². The van der Waals surface area contributed by atoms with Crippen molar-refractivity contribution in [1.29, 1.82) is 0 Å². The first-order valence-corrected chi connectivity index (χ1v) is 12.1. The van der Waals surface area contributed by atoms with Gasteiger partial charge in [0.05, 0.1) is 10.6 Å². The molecule has 1 heterocycles. The number of aromatic nitrogens is 2. The van der Waals surface area contributed by atoms with Crippen LogP contribution < -0.4 is 26.2 Å². The highest BCUT2D eigenvalue weighted by Crippen LogP contribution is 2.23. The van der Waals surface area contributed by atoms with Gasteiger partial charge in [0.15, 0.2) is 5.69 Å². The Morgan fingerprint density at radius 2 is 1.65 bits per heavy atom. The van der Waals surface area contributed by atoms with Crippen molar-refractivity contribution < 1.29 is 13.2 Å². The second kappa shape index (κ2) is 9.96. The van der Waals surface area contributed by atoms with Gasteiger partial charge in [0.25, 0.3) is 21.5 Å². The predicted molar refractivity (Wildman–Crippen MR) is 132 cm³/mol. The van der Waals surface area contributed by atoms with Crippen molar-refractivity contribution in [1.82, 2.24) is 9.55 Å². The van der Waals surface area contributed by atoms with Crippen molar-refractivity contribution in [3.8, 4) is 0 Å². The van der Waals surface area contributed by atoms with Crippen molar-refractivity contribution in [2.24, 2.45) is 0 Å². The fourth-order valence-corrected chi connectivity index (χ4v) is 4.63. The quantitative estimate of drug-likeness (QED) is 0.501. The van der Waals surface area contributed by atoms with E-state index in [1.54, 1.807) is 30.3 Å². The van der Waals surface area contributed by atoms with Crippen LogP contribution in [0.25, 0.3) is 0 Å². The summed E-state index contributed by atoms with van der Waals surface area (Å²) in [7, 11) is -1.03. The minimum absolute atomic E-state index is 0.00327. The van der Waals surface area contributed by atoms with Crippen molar-refractivity contribution in [3.63, 3.8) is 0 Å². The number of unbranched alkanes of at least 4 members (excludes halogenated alkanes) is 1. The van der Waals surface area contributed by atoms with E-state index in [0.717, 1.165) is 15.6 Å². The van der Waals surface area contributed by atoms with Gasteiger partial charge in [0.2, 0.25) is 0 Å². The van der Waals surface area contributed by atoms with Crippen molar-refractivity contribution in [3.05, 3.63) is 81.0 Å². The molecule has 0 radical (unpaired) electrons. The lowest BCUT2D eigenvalue weighted by Gasteiger charge is -2.21. The van der Waals surface area contributed by atoms with Gasteiger partial charge in [0.1, 0.15) is 5.82 Å². The Bertz CT molecular complexity index is 1400. The van der Waals surface area contributed by atoms with Gasteiger partial charge < -0.3 is 10.6 Å². The fourth-order valence-electron chi connectivity index (χ4n) is 3.44. The molecular formula is C23H27N5O5S. The Kier molecular flexibility index (Phi) is 7.26. The first-order chi connectivity index (χ1) is 16.1. The number of nitrogen functional groups attached to an aromatic ring is 1. The molecule has 3 aromatic rings. The number of nitrogens with zero attached hydrogens (tertiary/aromatic N) is 3. The summed E-state index contributed by atoms with van der Waals surface area (Å²) < 4.78 is 28.3.